The molecule has 1 aliphatic rings. The summed E-state index contributed by atoms with van der Waals surface area (Å²) in [6.07, 6.45) is 1.84. The van der Waals surface area contributed by atoms with Crippen molar-refractivity contribution in [2.24, 2.45) is 7.05 Å². The molecule has 24 heavy (non-hydrogen) atoms. The van der Waals surface area contributed by atoms with Crippen LogP contribution < -0.4 is 11.2 Å². The van der Waals surface area contributed by atoms with Gasteiger partial charge in [0.2, 0.25) is 0 Å². The molecule has 7 heteroatoms. The van der Waals surface area contributed by atoms with Gasteiger partial charge in [0, 0.05) is 38.9 Å². The first kappa shape index (κ1) is 16.7. The van der Waals surface area contributed by atoms with E-state index in [9.17, 15) is 9.59 Å². The molecule has 1 aliphatic heterocycles. The van der Waals surface area contributed by atoms with Crippen LogP contribution in [0.15, 0.2) is 15.2 Å². The molecule has 3 rings (SSSR count). The molecule has 0 bridgehead atoms. The van der Waals surface area contributed by atoms with E-state index in [1.807, 2.05) is 11.5 Å². The van der Waals surface area contributed by atoms with Crippen molar-refractivity contribution in [2.45, 2.75) is 46.1 Å². The summed E-state index contributed by atoms with van der Waals surface area (Å²) < 4.78 is 9.83. The largest absolute Gasteiger partial charge is 0.385 e. The smallest absolute Gasteiger partial charge is 0.332 e. The molecule has 3 heterocycles. The highest BCUT2D eigenvalue weighted by Gasteiger charge is 2.32. The third-order valence-corrected chi connectivity index (χ3v) is 5.07. The topological polar surface area (TPSA) is 71.0 Å². The Morgan fingerprint density at radius 3 is 2.58 bits per heavy atom. The second kappa shape index (κ2) is 6.05. The fraction of sp³-hybridized carbons (Fsp3) is 0.588. The fourth-order valence-corrected chi connectivity index (χ4v) is 3.59. The van der Waals surface area contributed by atoms with Gasteiger partial charge in [-0.3, -0.25) is 18.5 Å². The Hall–Kier alpha value is -2.15. The molecule has 0 N–H and O–H groups in total. The Kier molecular flexibility index (Phi) is 4.21. The SMILES string of the molecule is CCn1c(=O)c2c(nc3n2C(C)=C(C)[C@H]3CCCOC)n(C)c1=O. The number of aromatic nitrogens is 4. The van der Waals surface area contributed by atoms with Gasteiger partial charge in [0.1, 0.15) is 5.82 Å². The number of hydrogen-bond acceptors (Lipinski definition) is 4. The molecule has 0 aliphatic carbocycles. The molecule has 2 aromatic heterocycles. The Balaban J connectivity index is 2.27. The van der Waals surface area contributed by atoms with E-state index >= 15 is 0 Å². The first-order chi connectivity index (χ1) is 11.4. The lowest BCUT2D eigenvalue weighted by Gasteiger charge is -2.10. The molecule has 7 nitrogen and oxygen atoms in total. The quantitative estimate of drug-likeness (QED) is 0.781. The van der Waals surface area contributed by atoms with Crippen molar-refractivity contribution in [3.05, 3.63) is 32.2 Å². The molecule has 0 saturated heterocycles. The highest BCUT2D eigenvalue weighted by atomic mass is 16.5. The third kappa shape index (κ3) is 2.18. The molecule has 1 atom stereocenters. The number of rotatable bonds is 5. The Morgan fingerprint density at radius 1 is 1.25 bits per heavy atom. The number of imidazole rings is 1. The molecule has 2 aromatic rings. The van der Waals surface area contributed by atoms with Gasteiger partial charge in [-0.1, -0.05) is 0 Å². The summed E-state index contributed by atoms with van der Waals surface area (Å²) in [5.41, 5.74) is 2.65. The number of aryl methyl sites for hydroxylation is 1. The molecular formula is C17H24N4O3. The second-order valence-electron chi connectivity index (χ2n) is 6.32. The van der Waals surface area contributed by atoms with E-state index in [-0.39, 0.29) is 17.2 Å². The summed E-state index contributed by atoms with van der Waals surface area (Å²) in [6.45, 7) is 6.95. The summed E-state index contributed by atoms with van der Waals surface area (Å²) in [7, 11) is 3.37. The van der Waals surface area contributed by atoms with E-state index in [0.717, 1.165) is 24.4 Å². The molecular weight excluding hydrogens is 308 g/mol. The van der Waals surface area contributed by atoms with E-state index in [2.05, 4.69) is 11.9 Å². The summed E-state index contributed by atoms with van der Waals surface area (Å²) in [6, 6.07) is 0. The maximum atomic E-state index is 12.8. The van der Waals surface area contributed by atoms with E-state index < -0.39 is 0 Å². The number of methoxy groups -OCH3 is 1. The van der Waals surface area contributed by atoms with Gasteiger partial charge in [-0.25, -0.2) is 9.78 Å². The van der Waals surface area contributed by atoms with Gasteiger partial charge in [0.25, 0.3) is 5.56 Å². The number of allylic oxidation sites excluding steroid dienone is 2. The van der Waals surface area contributed by atoms with Crippen molar-refractivity contribution in [2.75, 3.05) is 13.7 Å². The minimum Gasteiger partial charge on any atom is -0.385 e. The maximum absolute atomic E-state index is 12.8. The van der Waals surface area contributed by atoms with Gasteiger partial charge >= 0.3 is 5.69 Å². The predicted molar refractivity (Wildman–Crippen MR) is 93.3 cm³/mol. The average molecular weight is 332 g/mol. The minimum absolute atomic E-state index is 0.164. The predicted octanol–water partition coefficient (Wildman–Crippen LogP) is 1.69. The van der Waals surface area contributed by atoms with Crippen LogP contribution in [0.1, 0.15) is 45.4 Å². The van der Waals surface area contributed by atoms with Gasteiger partial charge in [-0.15, -0.1) is 0 Å². The number of ether oxygens (including phenoxy) is 1. The van der Waals surface area contributed by atoms with Crippen LogP contribution in [0.5, 0.6) is 0 Å². The summed E-state index contributed by atoms with van der Waals surface area (Å²) in [5, 5.41) is 0. The highest BCUT2D eigenvalue weighted by Crippen LogP contribution is 2.40. The summed E-state index contributed by atoms with van der Waals surface area (Å²) >= 11 is 0. The van der Waals surface area contributed by atoms with Crippen molar-refractivity contribution in [1.29, 1.82) is 0 Å². The number of hydrogen-bond donors (Lipinski definition) is 0. The van der Waals surface area contributed by atoms with Crippen LogP contribution in [-0.2, 0) is 18.3 Å². The standard InChI is InChI=1S/C17H24N4O3/c1-6-20-16(22)13-15(19(4)17(20)23)18-14-12(8-7-9-24-5)10(2)11(3)21(13)14/h12H,6-9H2,1-5H3/t12-/m1/s1. The van der Waals surface area contributed by atoms with Gasteiger partial charge < -0.3 is 4.74 Å². The Morgan fingerprint density at radius 2 is 1.96 bits per heavy atom. The summed E-state index contributed by atoms with van der Waals surface area (Å²) in [4.78, 5) is 29.8. The van der Waals surface area contributed by atoms with Crippen molar-refractivity contribution < 1.29 is 4.74 Å². The number of nitrogens with zero attached hydrogens (tertiary/aromatic N) is 4. The maximum Gasteiger partial charge on any atom is 0.332 e. The first-order valence-corrected chi connectivity index (χ1v) is 8.32. The van der Waals surface area contributed by atoms with Crippen LogP contribution in [0.2, 0.25) is 0 Å². The lowest BCUT2D eigenvalue weighted by Crippen LogP contribution is -2.39. The average Bonchev–Trinajstić information content (AvgIpc) is 3.05. The zero-order valence-corrected chi connectivity index (χ0v) is 14.9. The molecule has 0 fully saturated rings. The van der Waals surface area contributed by atoms with Crippen LogP contribution in [-0.4, -0.2) is 32.4 Å². The zero-order valence-electron chi connectivity index (χ0n) is 14.9. The van der Waals surface area contributed by atoms with Crippen LogP contribution in [0.25, 0.3) is 16.9 Å². The zero-order chi connectivity index (χ0) is 17.6. The Bertz CT molecular complexity index is 945. The van der Waals surface area contributed by atoms with Crippen molar-refractivity contribution in [3.63, 3.8) is 0 Å². The van der Waals surface area contributed by atoms with Crippen molar-refractivity contribution in [1.82, 2.24) is 18.7 Å². The molecule has 0 unspecified atom stereocenters. The normalized spacial score (nSPS) is 17.1. The number of fused-ring (bicyclic) bond motifs is 3. The lowest BCUT2D eigenvalue weighted by atomic mass is 9.96. The molecule has 0 saturated carbocycles. The molecule has 0 radical (unpaired) electrons. The van der Waals surface area contributed by atoms with Crippen molar-refractivity contribution >= 4 is 16.9 Å². The first-order valence-electron chi connectivity index (χ1n) is 8.32. The van der Waals surface area contributed by atoms with E-state index in [4.69, 9.17) is 4.74 Å². The van der Waals surface area contributed by atoms with Gasteiger partial charge in [-0.2, -0.15) is 0 Å². The molecule has 0 amide bonds. The summed E-state index contributed by atoms with van der Waals surface area (Å²) in [5.74, 6) is 1.02. The highest BCUT2D eigenvalue weighted by molar-refractivity contribution is 5.79. The van der Waals surface area contributed by atoms with E-state index in [1.165, 1.54) is 14.7 Å². The van der Waals surface area contributed by atoms with Gasteiger partial charge in [0.05, 0.1) is 0 Å². The second-order valence-corrected chi connectivity index (χ2v) is 6.32. The molecule has 0 aromatic carbocycles. The molecule has 130 valence electrons. The van der Waals surface area contributed by atoms with Crippen molar-refractivity contribution in [3.8, 4) is 0 Å². The molecule has 0 spiro atoms. The lowest BCUT2D eigenvalue weighted by molar-refractivity contribution is 0.191. The monoisotopic (exact) mass is 332 g/mol. The van der Waals surface area contributed by atoms with E-state index in [1.54, 1.807) is 21.1 Å². The van der Waals surface area contributed by atoms with Crippen LogP contribution in [0.3, 0.4) is 0 Å². The van der Waals surface area contributed by atoms with Gasteiger partial charge in [-0.05, 0) is 39.2 Å². The third-order valence-electron chi connectivity index (χ3n) is 5.07. The van der Waals surface area contributed by atoms with Crippen LogP contribution in [0, 0.1) is 0 Å². The van der Waals surface area contributed by atoms with E-state index in [0.29, 0.717) is 24.3 Å². The van der Waals surface area contributed by atoms with Crippen LogP contribution >= 0.6 is 0 Å². The Labute approximate surface area is 140 Å². The van der Waals surface area contributed by atoms with Crippen LogP contribution in [0.4, 0.5) is 0 Å². The van der Waals surface area contributed by atoms with Gasteiger partial charge in [0.15, 0.2) is 11.2 Å². The minimum atomic E-state index is -0.318. The fourth-order valence-electron chi connectivity index (χ4n) is 3.59.